The second-order valence-corrected chi connectivity index (χ2v) is 8.58. The summed E-state index contributed by atoms with van der Waals surface area (Å²) in [6.07, 6.45) is 1.90. The number of rotatable bonds is 3. The molecule has 21 heavy (non-hydrogen) atoms. The monoisotopic (exact) mass is 310 g/mol. The van der Waals surface area contributed by atoms with E-state index in [-0.39, 0.29) is 11.5 Å². The molecule has 118 valence electrons. The zero-order valence-electron chi connectivity index (χ0n) is 13.4. The summed E-state index contributed by atoms with van der Waals surface area (Å²) < 4.78 is 28.2. The number of piperidine rings is 1. The molecule has 0 bridgehead atoms. The summed E-state index contributed by atoms with van der Waals surface area (Å²) in [5, 5.41) is 3.23. The largest absolute Gasteiger partial charge is 0.315 e. The molecule has 1 heterocycles. The van der Waals surface area contributed by atoms with Crippen LogP contribution in [0.3, 0.4) is 0 Å². The predicted molar refractivity (Wildman–Crippen MR) is 86.1 cm³/mol. The Bertz CT molecular complexity index is 597. The van der Waals surface area contributed by atoms with Crippen LogP contribution in [0.25, 0.3) is 0 Å². The van der Waals surface area contributed by atoms with Gasteiger partial charge in [0.25, 0.3) is 0 Å². The highest BCUT2D eigenvalue weighted by molar-refractivity contribution is 7.89. The molecular weight excluding hydrogens is 284 g/mol. The maximum absolute atomic E-state index is 12.7. The van der Waals surface area contributed by atoms with Crippen molar-refractivity contribution in [3.63, 3.8) is 0 Å². The van der Waals surface area contributed by atoms with Crippen molar-refractivity contribution in [2.24, 2.45) is 0 Å². The molecular formula is C16H26N2O2S. The van der Waals surface area contributed by atoms with Gasteiger partial charge in [0.05, 0.1) is 4.90 Å². The van der Waals surface area contributed by atoms with Gasteiger partial charge >= 0.3 is 0 Å². The maximum atomic E-state index is 12.7. The fourth-order valence-corrected chi connectivity index (χ4v) is 4.13. The number of sulfonamides is 1. The highest BCUT2D eigenvalue weighted by Crippen LogP contribution is 2.26. The molecule has 1 atom stereocenters. The van der Waals surface area contributed by atoms with E-state index in [1.165, 1.54) is 0 Å². The molecule has 0 spiro atoms. The first-order valence-electron chi connectivity index (χ1n) is 7.54. The summed E-state index contributed by atoms with van der Waals surface area (Å²) in [7, 11) is -3.46. The van der Waals surface area contributed by atoms with Crippen molar-refractivity contribution in [2.75, 3.05) is 13.1 Å². The van der Waals surface area contributed by atoms with Crippen LogP contribution in [0.5, 0.6) is 0 Å². The molecule has 0 aliphatic carbocycles. The van der Waals surface area contributed by atoms with E-state index in [0.29, 0.717) is 11.4 Å². The Hall–Kier alpha value is -0.910. The van der Waals surface area contributed by atoms with Crippen molar-refractivity contribution in [1.29, 1.82) is 0 Å². The molecule has 0 radical (unpaired) electrons. The van der Waals surface area contributed by atoms with Gasteiger partial charge in [-0.3, -0.25) is 0 Å². The summed E-state index contributed by atoms with van der Waals surface area (Å²) >= 11 is 0. The molecule has 1 aromatic carbocycles. The summed E-state index contributed by atoms with van der Waals surface area (Å²) in [5.41, 5.74) is 1.76. The number of hydrogen-bond donors (Lipinski definition) is 2. The van der Waals surface area contributed by atoms with Gasteiger partial charge in [0.2, 0.25) is 10.0 Å². The van der Waals surface area contributed by atoms with Gasteiger partial charge < -0.3 is 5.32 Å². The third kappa shape index (κ3) is 4.05. The maximum Gasteiger partial charge on any atom is 0.241 e. The number of benzene rings is 1. The van der Waals surface area contributed by atoms with Crippen molar-refractivity contribution in [3.05, 3.63) is 29.3 Å². The van der Waals surface area contributed by atoms with Crippen LogP contribution in [-0.2, 0) is 15.4 Å². The van der Waals surface area contributed by atoms with E-state index in [1.54, 1.807) is 0 Å². The number of nitrogens with one attached hydrogen (secondary N) is 2. The second-order valence-electron chi connectivity index (χ2n) is 6.89. The van der Waals surface area contributed by atoms with Crippen LogP contribution in [0.15, 0.2) is 23.1 Å². The highest BCUT2D eigenvalue weighted by Gasteiger charge is 2.25. The number of hydrogen-bond acceptors (Lipinski definition) is 3. The van der Waals surface area contributed by atoms with E-state index in [1.807, 2.05) is 25.1 Å². The molecule has 5 heteroatoms. The van der Waals surface area contributed by atoms with Crippen LogP contribution in [0.4, 0.5) is 0 Å². The topological polar surface area (TPSA) is 58.2 Å². The minimum Gasteiger partial charge on any atom is -0.315 e. The molecule has 2 N–H and O–H groups in total. The van der Waals surface area contributed by atoms with Crippen molar-refractivity contribution in [2.45, 2.75) is 56.9 Å². The van der Waals surface area contributed by atoms with E-state index in [9.17, 15) is 8.42 Å². The Morgan fingerprint density at radius 1 is 1.29 bits per heavy atom. The molecule has 0 saturated carbocycles. The minimum atomic E-state index is -3.46. The lowest BCUT2D eigenvalue weighted by Crippen LogP contribution is -2.45. The van der Waals surface area contributed by atoms with Gasteiger partial charge in [-0.2, -0.15) is 0 Å². The van der Waals surface area contributed by atoms with E-state index < -0.39 is 10.0 Å². The Labute approximate surface area is 128 Å². The number of aryl methyl sites for hydroxylation is 1. The molecule has 1 fully saturated rings. The third-order valence-corrected chi connectivity index (χ3v) is 5.62. The zero-order valence-corrected chi connectivity index (χ0v) is 14.2. The standard InChI is InChI=1S/C16H26N2O2S/c1-12-7-8-13(16(2,3)4)10-15(12)21(19,20)18-14-6-5-9-17-11-14/h7-8,10,14,17-18H,5-6,9,11H2,1-4H3/t14-/m1/s1. The van der Waals surface area contributed by atoms with E-state index in [0.717, 1.165) is 30.5 Å². The molecule has 0 unspecified atom stereocenters. The quantitative estimate of drug-likeness (QED) is 0.901. The second kappa shape index (κ2) is 6.07. The Balaban J connectivity index is 2.30. The van der Waals surface area contributed by atoms with Crippen molar-refractivity contribution in [1.82, 2.24) is 10.0 Å². The van der Waals surface area contributed by atoms with Gasteiger partial charge in [0.1, 0.15) is 0 Å². The van der Waals surface area contributed by atoms with Crippen molar-refractivity contribution < 1.29 is 8.42 Å². The molecule has 2 rings (SSSR count). The average Bonchev–Trinajstić information content (AvgIpc) is 2.38. The van der Waals surface area contributed by atoms with Crippen LogP contribution in [-0.4, -0.2) is 27.5 Å². The van der Waals surface area contributed by atoms with Crippen LogP contribution in [0.1, 0.15) is 44.7 Å². The predicted octanol–water partition coefficient (Wildman–Crippen LogP) is 2.32. The Kier molecular flexibility index (Phi) is 4.76. The zero-order chi connectivity index (χ0) is 15.7. The highest BCUT2D eigenvalue weighted by atomic mass is 32.2. The van der Waals surface area contributed by atoms with E-state index in [4.69, 9.17) is 0 Å². The van der Waals surface area contributed by atoms with Gasteiger partial charge in [-0.05, 0) is 48.9 Å². The summed E-state index contributed by atoms with van der Waals surface area (Å²) in [4.78, 5) is 0.403. The Morgan fingerprint density at radius 2 is 2.00 bits per heavy atom. The first kappa shape index (κ1) is 16.5. The minimum absolute atomic E-state index is 0.0126. The average molecular weight is 310 g/mol. The molecule has 1 saturated heterocycles. The van der Waals surface area contributed by atoms with Gasteiger partial charge in [-0.15, -0.1) is 0 Å². The molecule has 1 aliphatic rings. The lowest BCUT2D eigenvalue weighted by molar-refractivity contribution is 0.428. The van der Waals surface area contributed by atoms with Crippen LogP contribution in [0, 0.1) is 6.92 Å². The van der Waals surface area contributed by atoms with Gasteiger partial charge in [-0.1, -0.05) is 32.9 Å². The third-order valence-electron chi connectivity index (χ3n) is 3.96. The van der Waals surface area contributed by atoms with Gasteiger partial charge in [-0.25, -0.2) is 13.1 Å². The molecule has 1 aliphatic heterocycles. The smallest absolute Gasteiger partial charge is 0.241 e. The molecule has 0 aromatic heterocycles. The first-order valence-corrected chi connectivity index (χ1v) is 9.03. The normalized spacial score (nSPS) is 20.5. The summed E-state index contributed by atoms with van der Waals surface area (Å²) in [5.74, 6) is 0. The van der Waals surface area contributed by atoms with Crippen LogP contribution < -0.4 is 10.0 Å². The van der Waals surface area contributed by atoms with E-state index in [2.05, 4.69) is 30.8 Å². The fraction of sp³-hybridized carbons (Fsp3) is 0.625. The van der Waals surface area contributed by atoms with Crippen molar-refractivity contribution in [3.8, 4) is 0 Å². The summed E-state index contributed by atoms with van der Waals surface area (Å²) in [6, 6.07) is 5.71. The van der Waals surface area contributed by atoms with Crippen LogP contribution in [0.2, 0.25) is 0 Å². The summed E-state index contributed by atoms with van der Waals surface area (Å²) in [6.45, 7) is 9.79. The Morgan fingerprint density at radius 3 is 2.57 bits per heavy atom. The lowest BCUT2D eigenvalue weighted by Gasteiger charge is -2.25. The lowest BCUT2D eigenvalue weighted by atomic mass is 9.87. The molecule has 4 nitrogen and oxygen atoms in total. The molecule has 1 aromatic rings. The van der Waals surface area contributed by atoms with Crippen molar-refractivity contribution >= 4 is 10.0 Å². The SMILES string of the molecule is Cc1ccc(C(C)(C)C)cc1S(=O)(=O)N[C@@H]1CCCNC1. The van der Waals surface area contributed by atoms with Gasteiger partial charge in [0.15, 0.2) is 0 Å². The van der Waals surface area contributed by atoms with E-state index >= 15 is 0 Å². The van der Waals surface area contributed by atoms with Crippen LogP contribution >= 0.6 is 0 Å². The van der Waals surface area contributed by atoms with Gasteiger partial charge in [0, 0.05) is 12.6 Å². The molecule has 0 amide bonds. The first-order chi connectivity index (χ1) is 9.70. The fourth-order valence-electron chi connectivity index (χ4n) is 2.59.